The highest BCUT2D eigenvalue weighted by Crippen LogP contribution is 2.44. The van der Waals surface area contributed by atoms with Crippen LogP contribution in [0.15, 0.2) is 188 Å². The number of hydrogen-bond donors (Lipinski definition) is 0. The van der Waals surface area contributed by atoms with Crippen LogP contribution in [0.5, 0.6) is 0 Å². The molecular formula is C52H31N3. The van der Waals surface area contributed by atoms with E-state index in [1.54, 1.807) is 0 Å². The molecule has 9 aromatic carbocycles. The third kappa shape index (κ3) is 4.86. The minimum absolute atomic E-state index is 0.640. The van der Waals surface area contributed by atoms with Crippen LogP contribution in [-0.4, -0.2) is 9.55 Å². The van der Waals surface area contributed by atoms with Crippen molar-refractivity contribution in [2.75, 3.05) is 0 Å². The van der Waals surface area contributed by atoms with E-state index in [0.29, 0.717) is 5.69 Å². The van der Waals surface area contributed by atoms with E-state index in [1.807, 2.05) is 18.2 Å². The van der Waals surface area contributed by atoms with Crippen LogP contribution in [0.25, 0.3) is 109 Å². The lowest BCUT2D eigenvalue weighted by atomic mass is 9.88. The van der Waals surface area contributed by atoms with Crippen molar-refractivity contribution in [1.29, 1.82) is 0 Å². The van der Waals surface area contributed by atoms with E-state index >= 15 is 0 Å². The summed E-state index contributed by atoms with van der Waals surface area (Å²) < 4.78 is 2.29. The van der Waals surface area contributed by atoms with Gasteiger partial charge in [-0.05, 0) is 97.7 Å². The van der Waals surface area contributed by atoms with Gasteiger partial charge in [0, 0.05) is 32.8 Å². The fourth-order valence-corrected chi connectivity index (χ4v) is 8.63. The molecule has 0 spiro atoms. The van der Waals surface area contributed by atoms with Crippen molar-refractivity contribution in [3.63, 3.8) is 0 Å². The lowest BCUT2D eigenvalue weighted by molar-refractivity contribution is 1.18. The molecule has 0 fully saturated rings. The first-order chi connectivity index (χ1) is 27.2. The van der Waals surface area contributed by atoms with Crippen molar-refractivity contribution in [1.82, 2.24) is 9.55 Å². The summed E-state index contributed by atoms with van der Waals surface area (Å²) in [4.78, 5) is 9.17. The van der Waals surface area contributed by atoms with Gasteiger partial charge in [-0.2, -0.15) is 0 Å². The van der Waals surface area contributed by atoms with E-state index < -0.39 is 0 Å². The summed E-state index contributed by atoms with van der Waals surface area (Å²) in [6, 6.07) is 66.9. The van der Waals surface area contributed by atoms with Gasteiger partial charge in [-0.3, -0.25) is 0 Å². The smallest absolute Gasteiger partial charge is 0.188 e. The number of para-hydroxylation sites is 2. The first-order valence-electron chi connectivity index (χ1n) is 18.6. The van der Waals surface area contributed by atoms with Crippen molar-refractivity contribution >= 4 is 70.7 Å². The highest BCUT2D eigenvalue weighted by atomic mass is 15.0. The first kappa shape index (κ1) is 31.0. The number of rotatable bonds is 4. The van der Waals surface area contributed by atoms with Gasteiger partial charge in [0.1, 0.15) is 0 Å². The van der Waals surface area contributed by atoms with E-state index in [9.17, 15) is 0 Å². The molecule has 2 heterocycles. The molecule has 11 aromatic rings. The molecule has 254 valence electrons. The summed E-state index contributed by atoms with van der Waals surface area (Å²) >= 11 is 0. The largest absolute Gasteiger partial charge is 0.309 e. The van der Waals surface area contributed by atoms with Crippen LogP contribution < -0.4 is 0 Å². The number of benzene rings is 9. The maximum Gasteiger partial charge on any atom is 0.188 e. The average Bonchev–Trinajstić information content (AvgIpc) is 3.59. The molecule has 3 heteroatoms. The molecule has 0 amide bonds. The molecule has 11 rings (SSSR count). The standard InChI is InChI=1S/C52H31N3/c1-53-38-26-29-49-46(32-38)45-31-37(25-28-48(45)55(49)39-14-6-3-7-15-39)34-20-22-35(23-21-34)52-51-42-27-24-36(33-12-4-2-5-13-33)30-44(42)40-16-8-9-17-41(40)50(51)43-18-10-11-19-47(43)54-52/h2-32H. The zero-order valence-corrected chi connectivity index (χ0v) is 29.7. The van der Waals surface area contributed by atoms with Gasteiger partial charge in [0.05, 0.1) is 28.8 Å². The maximum atomic E-state index is 7.70. The Morgan fingerprint density at radius 1 is 0.382 bits per heavy atom. The molecular weight excluding hydrogens is 667 g/mol. The van der Waals surface area contributed by atoms with Gasteiger partial charge in [-0.25, -0.2) is 9.83 Å². The highest BCUT2D eigenvalue weighted by Gasteiger charge is 2.19. The quantitative estimate of drug-likeness (QED) is 0.133. The second-order valence-electron chi connectivity index (χ2n) is 14.2. The molecule has 0 saturated heterocycles. The van der Waals surface area contributed by atoms with Gasteiger partial charge in [-0.15, -0.1) is 0 Å². The van der Waals surface area contributed by atoms with Crippen molar-refractivity contribution in [2.24, 2.45) is 0 Å². The number of fused-ring (bicyclic) bond motifs is 11. The Morgan fingerprint density at radius 3 is 1.69 bits per heavy atom. The molecule has 3 nitrogen and oxygen atoms in total. The predicted molar refractivity (Wildman–Crippen MR) is 231 cm³/mol. The maximum absolute atomic E-state index is 7.70. The van der Waals surface area contributed by atoms with Crippen molar-refractivity contribution < 1.29 is 0 Å². The molecule has 0 aliphatic rings. The van der Waals surface area contributed by atoms with Crippen LogP contribution in [0.1, 0.15) is 0 Å². The Morgan fingerprint density at radius 2 is 0.927 bits per heavy atom. The number of pyridine rings is 1. The Labute approximate surface area is 317 Å². The normalized spacial score (nSPS) is 11.6. The number of aromatic nitrogens is 2. The summed E-state index contributed by atoms with van der Waals surface area (Å²) in [7, 11) is 0. The van der Waals surface area contributed by atoms with Crippen molar-refractivity contribution in [3.8, 4) is 39.2 Å². The predicted octanol–water partition coefficient (Wildman–Crippen LogP) is 14.3. The van der Waals surface area contributed by atoms with Gasteiger partial charge >= 0.3 is 0 Å². The van der Waals surface area contributed by atoms with Gasteiger partial charge in [0.2, 0.25) is 0 Å². The number of hydrogen-bond acceptors (Lipinski definition) is 1. The van der Waals surface area contributed by atoms with Crippen LogP contribution >= 0.6 is 0 Å². The summed E-state index contributed by atoms with van der Waals surface area (Å²) in [5.41, 5.74) is 11.6. The van der Waals surface area contributed by atoms with Crippen molar-refractivity contribution in [3.05, 3.63) is 199 Å². The zero-order valence-electron chi connectivity index (χ0n) is 29.7. The monoisotopic (exact) mass is 697 g/mol. The lowest BCUT2D eigenvalue weighted by Gasteiger charge is -2.17. The SMILES string of the molecule is [C-]#[N+]c1ccc2c(c1)c1cc(-c3ccc(-c4nc5ccccc5c5c6ccccc6c6cc(-c7ccccc7)ccc6c45)cc3)ccc1n2-c1ccccc1. The lowest BCUT2D eigenvalue weighted by Crippen LogP contribution is -1.93. The topological polar surface area (TPSA) is 22.2 Å². The molecule has 0 radical (unpaired) electrons. The van der Waals surface area contributed by atoms with Crippen LogP contribution in [-0.2, 0) is 0 Å². The van der Waals surface area contributed by atoms with E-state index in [1.165, 1.54) is 43.4 Å². The average molecular weight is 698 g/mol. The van der Waals surface area contributed by atoms with E-state index in [4.69, 9.17) is 11.6 Å². The number of nitrogens with zero attached hydrogens (tertiary/aromatic N) is 3. The molecule has 0 saturated carbocycles. The zero-order chi connectivity index (χ0) is 36.5. The second kappa shape index (κ2) is 12.3. The van der Waals surface area contributed by atoms with E-state index in [0.717, 1.165) is 60.8 Å². The summed E-state index contributed by atoms with van der Waals surface area (Å²) in [5, 5.41) is 10.7. The minimum atomic E-state index is 0.640. The Kier molecular flexibility index (Phi) is 6.92. The summed E-state index contributed by atoms with van der Waals surface area (Å²) in [6.07, 6.45) is 0. The Bertz CT molecular complexity index is 3350. The van der Waals surface area contributed by atoms with Crippen LogP contribution in [0.3, 0.4) is 0 Å². The fourth-order valence-electron chi connectivity index (χ4n) is 8.63. The van der Waals surface area contributed by atoms with E-state index in [2.05, 4.69) is 179 Å². The molecule has 0 bridgehead atoms. The first-order valence-corrected chi connectivity index (χ1v) is 18.6. The molecule has 55 heavy (non-hydrogen) atoms. The molecule has 0 unspecified atom stereocenters. The van der Waals surface area contributed by atoms with Crippen LogP contribution in [0, 0.1) is 6.57 Å². The molecule has 0 aliphatic heterocycles. The van der Waals surface area contributed by atoms with E-state index in [-0.39, 0.29) is 0 Å². The van der Waals surface area contributed by atoms with Crippen LogP contribution in [0.2, 0.25) is 0 Å². The van der Waals surface area contributed by atoms with Gasteiger partial charge in [0.15, 0.2) is 5.69 Å². The minimum Gasteiger partial charge on any atom is -0.309 e. The highest BCUT2D eigenvalue weighted by molar-refractivity contribution is 6.33. The van der Waals surface area contributed by atoms with Gasteiger partial charge < -0.3 is 4.57 Å². The summed E-state index contributed by atoms with van der Waals surface area (Å²) in [5.74, 6) is 0. The third-order valence-corrected chi connectivity index (χ3v) is 11.2. The molecule has 0 aliphatic carbocycles. The molecule has 2 aromatic heterocycles. The molecule has 0 atom stereocenters. The summed E-state index contributed by atoms with van der Waals surface area (Å²) in [6.45, 7) is 7.70. The van der Waals surface area contributed by atoms with Gasteiger partial charge in [0.25, 0.3) is 0 Å². The Hall–Kier alpha value is -7.54. The van der Waals surface area contributed by atoms with Crippen molar-refractivity contribution in [2.45, 2.75) is 0 Å². The second-order valence-corrected chi connectivity index (χ2v) is 14.2. The Balaban J connectivity index is 1.12. The third-order valence-electron chi connectivity index (χ3n) is 11.2. The molecule has 0 N–H and O–H groups in total. The van der Waals surface area contributed by atoms with Crippen LogP contribution in [0.4, 0.5) is 5.69 Å². The fraction of sp³-hybridized carbons (Fsp3) is 0. The van der Waals surface area contributed by atoms with Gasteiger partial charge in [-0.1, -0.05) is 140 Å².